The van der Waals surface area contributed by atoms with E-state index >= 15 is 0 Å². The van der Waals surface area contributed by atoms with Crippen molar-refractivity contribution in [3.05, 3.63) is 0 Å². The molecule has 0 N–H and O–H groups in total. The third-order valence-electron chi connectivity index (χ3n) is 2.74. The maximum Gasteiger partial charge on any atom is 0.394 e. The third kappa shape index (κ3) is 2.25. The van der Waals surface area contributed by atoms with Crippen molar-refractivity contribution in [2.45, 2.75) is 63.9 Å². The number of unbranched alkanes of at least 4 members (excludes halogenated alkanes) is 5. The quantitative estimate of drug-likeness (QED) is 0.361. The van der Waals surface area contributed by atoms with Crippen molar-refractivity contribution in [1.82, 2.24) is 0 Å². The Kier molecular flexibility index (Phi) is 3.38. The summed E-state index contributed by atoms with van der Waals surface area (Å²) in [7, 11) is 0. The second-order valence-electron chi connectivity index (χ2n) is 3.99. The first-order valence-corrected chi connectivity index (χ1v) is 5.59. The first kappa shape index (κ1) is 10.4. The Balaban J connectivity index is 1.44. The van der Waals surface area contributed by atoms with Gasteiger partial charge in [-0.05, 0) is 6.42 Å². The van der Waals surface area contributed by atoms with Crippen LogP contribution in [0.4, 0.5) is 0 Å². The van der Waals surface area contributed by atoms with E-state index in [1.807, 2.05) is 0 Å². The Labute approximate surface area is 84.3 Å². The molecule has 0 aromatic rings. The molecular weight excluding hydrogens is 184 g/mol. The fourth-order valence-electron chi connectivity index (χ4n) is 1.71. The Bertz CT molecular complexity index is 179. The van der Waals surface area contributed by atoms with E-state index in [0.29, 0.717) is 0 Å². The molecular formula is C10H18O4. The highest BCUT2D eigenvalue weighted by Gasteiger charge is 2.68. The molecule has 0 aliphatic carbocycles. The normalized spacial score (nSPS) is 27.6. The highest BCUT2D eigenvalue weighted by atomic mass is 17.5. The standard InChI is InChI=1S/C10H18O4/c1-2-3-4-5-6-7-8-9-10(12-11-9)13-14-10/h9H,2-8H2,1H3. The van der Waals surface area contributed by atoms with Crippen LogP contribution in [-0.2, 0) is 19.6 Å². The van der Waals surface area contributed by atoms with Gasteiger partial charge in [-0.3, -0.25) is 0 Å². The van der Waals surface area contributed by atoms with Gasteiger partial charge in [-0.2, -0.15) is 14.7 Å². The molecule has 0 radical (unpaired) electrons. The molecule has 0 saturated carbocycles. The molecule has 4 nitrogen and oxygen atoms in total. The summed E-state index contributed by atoms with van der Waals surface area (Å²) in [6.45, 7) is 2.23. The molecule has 1 unspecified atom stereocenters. The second-order valence-corrected chi connectivity index (χ2v) is 3.99. The van der Waals surface area contributed by atoms with E-state index in [-0.39, 0.29) is 6.10 Å². The van der Waals surface area contributed by atoms with Gasteiger partial charge in [-0.25, -0.2) is 4.89 Å². The average Bonchev–Trinajstić information content (AvgIpc) is 2.96. The molecule has 1 atom stereocenters. The summed E-state index contributed by atoms with van der Waals surface area (Å²) < 4.78 is 0. The molecule has 4 heteroatoms. The van der Waals surface area contributed by atoms with E-state index in [1.165, 1.54) is 32.1 Å². The molecule has 2 aliphatic rings. The molecule has 2 aliphatic heterocycles. The lowest BCUT2D eigenvalue weighted by atomic mass is 10.1. The van der Waals surface area contributed by atoms with E-state index in [1.54, 1.807) is 0 Å². The van der Waals surface area contributed by atoms with Crippen LogP contribution in [-0.4, -0.2) is 12.1 Å². The molecule has 14 heavy (non-hydrogen) atoms. The lowest BCUT2D eigenvalue weighted by molar-refractivity contribution is -0.516. The van der Waals surface area contributed by atoms with Crippen molar-refractivity contribution < 1.29 is 19.6 Å². The van der Waals surface area contributed by atoms with E-state index in [4.69, 9.17) is 19.6 Å². The summed E-state index contributed by atoms with van der Waals surface area (Å²) in [4.78, 5) is 19.0. The predicted molar refractivity (Wildman–Crippen MR) is 48.9 cm³/mol. The van der Waals surface area contributed by atoms with Crippen molar-refractivity contribution in [3.63, 3.8) is 0 Å². The minimum Gasteiger partial charge on any atom is -0.219 e. The van der Waals surface area contributed by atoms with Crippen molar-refractivity contribution in [1.29, 1.82) is 0 Å². The summed E-state index contributed by atoms with van der Waals surface area (Å²) in [5.41, 5.74) is 0. The summed E-state index contributed by atoms with van der Waals surface area (Å²) in [5, 5.41) is 0. The summed E-state index contributed by atoms with van der Waals surface area (Å²) in [6, 6.07) is 0. The van der Waals surface area contributed by atoms with Gasteiger partial charge < -0.3 is 0 Å². The van der Waals surface area contributed by atoms with Crippen molar-refractivity contribution in [2.75, 3.05) is 0 Å². The van der Waals surface area contributed by atoms with Crippen LogP contribution >= 0.6 is 0 Å². The average molecular weight is 202 g/mol. The molecule has 2 heterocycles. The highest BCUT2D eigenvalue weighted by Crippen LogP contribution is 2.46. The van der Waals surface area contributed by atoms with Gasteiger partial charge in [0.05, 0.1) is 0 Å². The number of rotatable bonds is 7. The van der Waals surface area contributed by atoms with Gasteiger partial charge in [0, 0.05) is 0 Å². The zero-order chi connectivity index (χ0) is 9.86. The van der Waals surface area contributed by atoms with E-state index < -0.39 is 5.97 Å². The fourth-order valence-corrected chi connectivity index (χ4v) is 1.71. The molecule has 0 bridgehead atoms. The van der Waals surface area contributed by atoms with Crippen LogP contribution < -0.4 is 0 Å². The topological polar surface area (TPSA) is 43.5 Å². The van der Waals surface area contributed by atoms with Gasteiger partial charge in [0.1, 0.15) is 0 Å². The molecule has 1 spiro atoms. The summed E-state index contributed by atoms with van der Waals surface area (Å²) in [5.74, 6) is -0.788. The SMILES string of the molecule is CCCCCCCCC1OOC12OO2. The van der Waals surface area contributed by atoms with Gasteiger partial charge in [0.2, 0.25) is 0 Å². The molecule has 0 amide bonds. The van der Waals surface area contributed by atoms with Gasteiger partial charge in [0.25, 0.3) is 0 Å². The van der Waals surface area contributed by atoms with E-state index in [9.17, 15) is 0 Å². The largest absolute Gasteiger partial charge is 0.394 e. The monoisotopic (exact) mass is 202 g/mol. The van der Waals surface area contributed by atoms with Gasteiger partial charge in [-0.15, -0.1) is 0 Å². The Morgan fingerprint density at radius 2 is 1.64 bits per heavy atom. The number of hydrogen-bond acceptors (Lipinski definition) is 4. The Morgan fingerprint density at radius 1 is 0.929 bits per heavy atom. The summed E-state index contributed by atoms with van der Waals surface area (Å²) in [6.07, 6.45) is 8.68. The maximum absolute atomic E-state index is 4.89. The maximum atomic E-state index is 4.89. The first-order chi connectivity index (χ1) is 6.87. The molecule has 82 valence electrons. The molecule has 2 fully saturated rings. The van der Waals surface area contributed by atoms with Crippen molar-refractivity contribution in [2.24, 2.45) is 0 Å². The van der Waals surface area contributed by atoms with Gasteiger partial charge >= 0.3 is 5.97 Å². The minimum absolute atomic E-state index is 0.00586. The third-order valence-corrected chi connectivity index (χ3v) is 2.74. The van der Waals surface area contributed by atoms with E-state index in [0.717, 1.165) is 12.8 Å². The van der Waals surface area contributed by atoms with E-state index in [2.05, 4.69) is 6.92 Å². The molecule has 2 rings (SSSR count). The predicted octanol–water partition coefficient (Wildman–Crippen LogP) is 2.68. The van der Waals surface area contributed by atoms with Crippen molar-refractivity contribution in [3.8, 4) is 0 Å². The zero-order valence-corrected chi connectivity index (χ0v) is 8.66. The van der Waals surface area contributed by atoms with Crippen LogP contribution in [0.2, 0.25) is 0 Å². The fraction of sp³-hybridized carbons (Fsp3) is 1.00. The second kappa shape index (κ2) is 4.57. The molecule has 0 aromatic carbocycles. The van der Waals surface area contributed by atoms with Crippen molar-refractivity contribution >= 4 is 0 Å². The Hall–Kier alpha value is -0.160. The summed E-state index contributed by atoms with van der Waals surface area (Å²) >= 11 is 0. The molecule has 0 aromatic heterocycles. The Morgan fingerprint density at radius 3 is 2.21 bits per heavy atom. The zero-order valence-electron chi connectivity index (χ0n) is 8.66. The van der Waals surface area contributed by atoms with Crippen LogP contribution in [0, 0.1) is 0 Å². The van der Waals surface area contributed by atoms with Gasteiger partial charge in [0.15, 0.2) is 6.10 Å². The van der Waals surface area contributed by atoms with Crippen LogP contribution in [0.5, 0.6) is 0 Å². The van der Waals surface area contributed by atoms with Crippen LogP contribution in [0.25, 0.3) is 0 Å². The smallest absolute Gasteiger partial charge is 0.219 e. The van der Waals surface area contributed by atoms with Crippen LogP contribution in [0.15, 0.2) is 0 Å². The minimum atomic E-state index is -0.788. The highest BCUT2D eigenvalue weighted by molar-refractivity contribution is 4.78. The van der Waals surface area contributed by atoms with Crippen LogP contribution in [0.1, 0.15) is 51.9 Å². The lowest BCUT2D eigenvalue weighted by Gasteiger charge is -2.27. The first-order valence-electron chi connectivity index (χ1n) is 5.59. The number of hydrogen-bond donors (Lipinski definition) is 0. The van der Waals surface area contributed by atoms with Gasteiger partial charge in [-0.1, -0.05) is 45.4 Å². The van der Waals surface area contributed by atoms with Crippen LogP contribution in [0.3, 0.4) is 0 Å². The molecule has 2 saturated heterocycles. The lowest BCUT2D eigenvalue weighted by Crippen LogP contribution is -2.46.